The molecule has 0 spiro atoms. The van der Waals surface area contributed by atoms with Gasteiger partial charge < -0.3 is 24.1 Å². The van der Waals surface area contributed by atoms with Gasteiger partial charge in [-0.1, -0.05) is 43.5 Å². The Labute approximate surface area is 229 Å². The third kappa shape index (κ3) is 7.97. The second kappa shape index (κ2) is 14.4. The maximum absolute atomic E-state index is 12.7. The minimum atomic E-state index is -0.463. The molecule has 1 aromatic heterocycles. The minimum absolute atomic E-state index is 0. The quantitative estimate of drug-likeness (QED) is 0.163. The average molecular weight is 539 g/mol. The predicted octanol–water partition coefficient (Wildman–Crippen LogP) is 6.55. The lowest BCUT2D eigenvalue weighted by Gasteiger charge is -2.17. The van der Waals surface area contributed by atoms with Crippen LogP contribution in [0.25, 0.3) is 21.9 Å². The van der Waals surface area contributed by atoms with Gasteiger partial charge in [-0.3, -0.25) is 4.79 Å². The fourth-order valence-electron chi connectivity index (χ4n) is 4.33. The lowest BCUT2D eigenvalue weighted by molar-refractivity contribution is 0.203. The number of halogens is 1. The van der Waals surface area contributed by atoms with Gasteiger partial charge >= 0.3 is 6.09 Å². The molecule has 7 nitrogen and oxygen atoms in total. The van der Waals surface area contributed by atoms with E-state index in [1.165, 1.54) is 6.42 Å². The van der Waals surface area contributed by atoms with Crippen molar-refractivity contribution in [1.82, 2.24) is 10.2 Å². The van der Waals surface area contributed by atoms with Crippen molar-refractivity contribution >= 4 is 40.4 Å². The molecule has 0 unspecified atom stereocenters. The number of rotatable bonds is 12. The van der Waals surface area contributed by atoms with Gasteiger partial charge in [0.15, 0.2) is 0 Å². The molecule has 1 N–H and O–H groups in total. The summed E-state index contributed by atoms with van der Waals surface area (Å²) in [6, 6.07) is 20.3. The molecule has 0 aliphatic carbocycles. The van der Waals surface area contributed by atoms with Crippen LogP contribution < -0.4 is 20.2 Å². The Balaban J connectivity index is 0.00000400. The first kappa shape index (κ1) is 29.0. The van der Waals surface area contributed by atoms with E-state index in [9.17, 15) is 9.59 Å². The molecule has 0 fully saturated rings. The topological polar surface area (TPSA) is 81.0 Å². The predicted molar refractivity (Wildman–Crippen MR) is 154 cm³/mol. The van der Waals surface area contributed by atoms with Crippen molar-refractivity contribution in [3.8, 4) is 11.5 Å². The Morgan fingerprint density at radius 3 is 2.47 bits per heavy atom. The van der Waals surface area contributed by atoms with Gasteiger partial charge in [-0.2, -0.15) is 0 Å². The van der Waals surface area contributed by atoms with Gasteiger partial charge in [0, 0.05) is 19.7 Å². The van der Waals surface area contributed by atoms with Gasteiger partial charge in [0.1, 0.15) is 22.7 Å². The number of ether oxygens (including phenoxy) is 2. The standard InChI is InChI=1S/C30H34N2O5.ClH/c1-31-30(34)36-24-12-10-11-22(19-24)21-32(2)17-8-4-3-5-9-18-35-23-15-16-26-28(20-23)37-27-14-7-6-13-25(27)29(26)33;/h6-7,10-16,19-20H,3-5,8-9,17-18,21H2,1-2H3,(H,31,34);1H. The zero-order valence-electron chi connectivity index (χ0n) is 21.9. The van der Waals surface area contributed by atoms with E-state index in [1.807, 2.05) is 42.5 Å². The van der Waals surface area contributed by atoms with Crippen molar-refractivity contribution in [2.45, 2.75) is 38.6 Å². The molecule has 4 aromatic rings. The van der Waals surface area contributed by atoms with Crippen LogP contribution in [0.4, 0.5) is 4.79 Å². The molecule has 8 heteroatoms. The van der Waals surface area contributed by atoms with E-state index in [4.69, 9.17) is 13.9 Å². The molecular weight excluding hydrogens is 504 g/mol. The summed E-state index contributed by atoms with van der Waals surface area (Å²) < 4.78 is 17.0. The van der Waals surface area contributed by atoms with Crippen LogP contribution >= 0.6 is 12.4 Å². The van der Waals surface area contributed by atoms with E-state index in [-0.39, 0.29) is 17.8 Å². The molecule has 0 bridgehead atoms. The summed E-state index contributed by atoms with van der Waals surface area (Å²) in [6.07, 6.45) is 5.08. The molecule has 1 amide bonds. The SMILES string of the molecule is CNC(=O)Oc1cccc(CN(C)CCCCCCCOc2ccc3c(=O)c4ccccc4oc3c2)c1.Cl. The lowest BCUT2D eigenvalue weighted by atomic mass is 10.1. The van der Waals surface area contributed by atoms with Crippen molar-refractivity contribution < 1.29 is 18.7 Å². The molecule has 0 aliphatic heterocycles. The summed E-state index contributed by atoms with van der Waals surface area (Å²) in [5.41, 5.74) is 2.24. The number of hydrogen-bond donors (Lipinski definition) is 1. The molecule has 0 atom stereocenters. The Hall–Kier alpha value is -3.55. The largest absolute Gasteiger partial charge is 0.493 e. The smallest absolute Gasteiger partial charge is 0.412 e. The van der Waals surface area contributed by atoms with E-state index < -0.39 is 6.09 Å². The Bertz CT molecular complexity index is 1400. The van der Waals surface area contributed by atoms with Crippen molar-refractivity contribution in [2.75, 3.05) is 27.2 Å². The highest BCUT2D eigenvalue weighted by Gasteiger charge is 2.08. The van der Waals surface area contributed by atoms with Crippen LogP contribution in [0.2, 0.25) is 0 Å². The summed E-state index contributed by atoms with van der Waals surface area (Å²) in [7, 11) is 3.65. The third-order valence-electron chi connectivity index (χ3n) is 6.27. The fraction of sp³-hybridized carbons (Fsp3) is 0.333. The Kier molecular flexibility index (Phi) is 11.0. The molecule has 0 saturated heterocycles. The maximum Gasteiger partial charge on any atom is 0.412 e. The molecule has 202 valence electrons. The number of fused-ring (bicyclic) bond motifs is 2. The first-order chi connectivity index (χ1) is 18.0. The van der Waals surface area contributed by atoms with Gasteiger partial charge in [-0.15, -0.1) is 12.4 Å². The lowest BCUT2D eigenvalue weighted by Crippen LogP contribution is -2.22. The van der Waals surface area contributed by atoms with Crippen LogP contribution in [0.15, 0.2) is 75.9 Å². The molecule has 0 saturated carbocycles. The number of carbonyl (C=O) groups is 1. The number of para-hydroxylation sites is 1. The van der Waals surface area contributed by atoms with Crippen LogP contribution in [0.3, 0.4) is 0 Å². The second-order valence-corrected chi connectivity index (χ2v) is 9.23. The fourth-order valence-corrected chi connectivity index (χ4v) is 4.33. The highest BCUT2D eigenvalue weighted by Crippen LogP contribution is 2.23. The summed E-state index contributed by atoms with van der Waals surface area (Å²) in [6.45, 7) is 2.45. The number of benzene rings is 3. The number of hydrogen-bond acceptors (Lipinski definition) is 6. The second-order valence-electron chi connectivity index (χ2n) is 9.23. The summed E-state index contributed by atoms with van der Waals surface area (Å²) in [5, 5.41) is 3.62. The first-order valence-electron chi connectivity index (χ1n) is 12.8. The number of unbranched alkanes of at least 4 members (excludes halogenated alkanes) is 4. The number of nitrogens with one attached hydrogen (secondary N) is 1. The third-order valence-corrected chi connectivity index (χ3v) is 6.27. The normalized spacial score (nSPS) is 10.9. The van der Waals surface area contributed by atoms with Crippen LogP contribution in [0.5, 0.6) is 11.5 Å². The van der Waals surface area contributed by atoms with Gasteiger partial charge in [0.05, 0.1) is 17.4 Å². The zero-order valence-corrected chi connectivity index (χ0v) is 22.7. The van der Waals surface area contributed by atoms with Crippen molar-refractivity contribution in [1.29, 1.82) is 0 Å². The van der Waals surface area contributed by atoms with E-state index in [0.717, 1.165) is 50.1 Å². The summed E-state index contributed by atoms with van der Waals surface area (Å²) in [5.74, 6) is 1.27. The highest BCUT2D eigenvalue weighted by atomic mass is 35.5. The van der Waals surface area contributed by atoms with Gasteiger partial charge in [-0.25, -0.2) is 4.79 Å². The van der Waals surface area contributed by atoms with Crippen molar-refractivity contribution in [3.63, 3.8) is 0 Å². The number of carbonyl (C=O) groups excluding carboxylic acids is 1. The van der Waals surface area contributed by atoms with E-state index in [1.54, 1.807) is 31.3 Å². The molecule has 38 heavy (non-hydrogen) atoms. The van der Waals surface area contributed by atoms with E-state index >= 15 is 0 Å². The molecule has 3 aromatic carbocycles. The minimum Gasteiger partial charge on any atom is -0.493 e. The monoisotopic (exact) mass is 538 g/mol. The molecular formula is C30H35ClN2O5. The number of amides is 1. The van der Waals surface area contributed by atoms with Crippen LogP contribution in [-0.2, 0) is 6.54 Å². The zero-order chi connectivity index (χ0) is 26.0. The summed E-state index contributed by atoms with van der Waals surface area (Å²) >= 11 is 0. The maximum atomic E-state index is 12.7. The molecule has 4 rings (SSSR count). The van der Waals surface area contributed by atoms with Crippen LogP contribution in [0.1, 0.15) is 37.7 Å². The van der Waals surface area contributed by atoms with Gasteiger partial charge in [0.25, 0.3) is 0 Å². The average Bonchev–Trinajstić information content (AvgIpc) is 2.90. The van der Waals surface area contributed by atoms with Crippen molar-refractivity contribution in [2.24, 2.45) is 0 Å². The van der Waals surface area contributed by atoms with Crippen LogP contribution in [-0.4, -0.2) is 38.2 Å². The Morgan fingerprint density at radius 2 is 1.63 bits per heavy atom. The molecule has 0 aliphatic rings. The summed E-state index contributed by atoms with van der Waals surface area (Å²) in [4.78, 5) is 26.3. The van der Waals surface area contributed by atoms with Crippen molar-refractivity contribution in [3.05, 3.63) is 82.5 Å². The van der Waals surface area contributed by atoms with Crippen LogP contribution in [0, 0.1) is 0 Å². The Morgan fingerprint density at radius 1 is 0.868 bits per heavy atom. The van der Waals surface area contributed by atoms with Gasteiger partial charge in [-0.05, 0) is 68.4 Å². The number of nitrogens with zero attached hydrogens (tertiary/aromatic N) is 1. The first-order valence-corrected chi connectivity index (χ1v) is 12.8. The van der Waals surface area contributed by atoms with E-state index in [0.29, 0.717) is 34.3 Å². The van der Waals surface area contributed by atoms with E-state index in [2.05, 4.69) is 17.3 Å². The molecule has 0 radical (unpaired) electrons. The molecule has 1 heterocycles. The van der Waals surface area contributed by atoms with Gasteiger partial charge in [0.2, 0.25) is 5.43 Å². The highest BCUT2D eigenvalue weighted by molar-refractivity contribution is 5.90.